The molecule has 4 aromatic heterocycles. The maximum atomic E-state index is 10.6. The molecule has 48 heavy (non-hydrogen) atoms. The van der Waals surface area contributed by atoms with E-state index in [2.05, 4.69) is 31.3 Å². The van der Waals surface area contributed by atoms with Gasteiger partial charge in [0, 0.05) is 35.9 Å². The first-order valence-electron chi connectivity index (χ1n) is 11.8. The average molecular weight is 714 g/mol. The minimum absolute atomic E-state index is 0.353. The Morgan fingerprint density at radius 3 is 1.83 bits per heavy atom. The number of H-pyrrole nitrogens is 1. The fourth-order valence-corrected chi connectivity index (χ4v) is 3.43. The van der Waals surface area contributed by atoms with E-state index in [1.165, 1.54) is 12.4 Å². The van der Waals surface area contributed by atoms with Crippen molar-refractivity contribution in [2.45, 2.75) is 18.5 Å². The second-order valence-electron chi connectivity index (χ2n) is 8.32. The number of rotatable bonds is 1. The van der Waals surface area contributed by atoms with Crippen LogP contribution >= 0.6 is 11.6 Å². The van der Waals surface area contributed by atoms with Crippen molar-refractivity contribution < 1.29 is 69.2 Å². The van der Waals surface area contributed by atoms with Gasteiger partial charge in [-0.2, -0.15) is 44.8 Å². The van der Waals surface area contributed by atoms with Gasteiger partial charge in [0.05, 0.1) is 33.7 Å². The first-order chi connectivity index (χ1) is 22.1. The Morgan fingerprint density at radius 2 is 1.33 bits per heavy atom. The minimum atomic E-state index is -5.08. The van der Waals surface area contributed by atoms with Crippen LogP contribution in [0.5, 0.6) is 0 Å². The van der Waals surface area contributed by atoms with Gasteiger partial charge in [0.2, 0.25) is 0 Å². The summed E-state index contributed by atoms with van der Waals surface area (Å²) in [6.45, 7) is 0. The molecule has 0 unspecified atom stereocenters. The highest BCUT2D eigenvalue weighted by molar-refractivity contribution is 6.33. The van der Waals surface area contributed by atoms with Crippen molar-refractivity contribution in [1.29, 1.82) is 5.26 Å². The van der Waals surface area contributed by atoms with Crippen LogP contribution in [0.25, 0.3) is 33.9 Å². The molecule has 0 amide bonds. The van der Waals surface area contributed by atoms with E-state index >= 15 is 0 Å². The third-order valence-electron chi connectivity index (χ3n) is 5.09. The smallest absolute Gasteiger partial charge is 0.475 e. The Morgan fingerprint density at radius 1 is 0.792 bits per heavy atom. The Hall–Kier alpha value is -5.98. The van der Waals surface area contributed by atoms with E-state index in [-0.39, 0.29) is 0 Å². The van der Waals surface area contributed by atoms with Gasteiger partial charge in [-0.1, -0.05) is 11.6 Å². The molecule has 0 bridgehead atoms. The lowest BCUT2D eigenvalue weighted by atomic mass is 10.1. The van der Waals surface area contributed by atoms with Gasteiger partial charge in [-0.3, -0.25) is 9.97 Å². The molecule has 0 saturated carbocycles. The Labute approximate surface area is 264 Å². The van der Waals surface area contributed by atoms with Gasteiger partial charge in [-0.05, 0) is 18.2 Å². The minimum Gasteiger partial charge on any atom is -0.475 e. The summed E-state index contributed by atoms with van der Waals surface area (Å²) in [4.78, 5) is 47.4. The fourth-order valence-electron chi connectivity index (χ4n) is 3.18. The van der Waals surface area contributed by atoms with Crippen molar-refractivity contribution >= 4 is 41.0 Å². The molecule has 0 spiro atoms. The zero-order valence-corrected chi connectivity index (χ0v) is 23.5. The molecule has 0 fully saturated rings. The number of halogens is 10. The monoisotopic (exact) mass is 713 g/mol. The normalized spacial score (nSPS) is 11.4. The van der Waals surface area contributed by atoms with Crippen molar-refractivity contribution in [3.8, 4) is 40.0 Å². The number of carbonyl (C=O) groups is 3. The average Bonchev–Trinajstić information content (AvgIpc) is 3.36. The number of aromatic amines is 1. The predicted octanol–water partition coefficient (Wildman–Crippen LogP) is 6.08. The van der Waals surface area contributed by atoms with Crippen LogP contribution in [0.2, 0.25) is 5.02 Å². The van der Waals surface area contributed by atoms with Crippen LogP contribution in [-0.4, -0.2) is 76.7 Å². The molecule has 0 radical (unpaired) electrons. The van der Waals surface area contributed by atoms with Gasteiger partial charge in [-0.25, -0.2) is 24.4 Å². The second-order valence-corrected chi connectivity index (χ2v) is 8.73. The summed E-state index contributed by atoms with van der Waals surface area (Å²) >= 11 is 6.33. The standard InChI is InChI=1S/C19H10ClN7.3C2HF3O2/c20-13-8-23-7-10(6-21)15(13)19-26-16-11-3-5-22-9-14(11)25-18-12(17(16)27-19)2-1-4-24-18;3*3-2(4,5)1(6)7/h1-5,7-9H,(H,24,25)(H,26,27);3*(H,6,7). The zero-order chi connectivity index (χ0) is 36.6. The highest BCUT2D eigenvalue weighted by atomic mass is 35.5. The van der Waals surface area contributed by atoms with Crippen LogP contribution in [-0.2, 0) is 14.4 Å². The molecule has 1 aliphatic heterocycles. The van der Waals surface area contributed by atoms with E-state index < -0.39 is 36.4 Å². The summed E-state index contributed by atoms with van der Waals surface area (Å²) in [5.41, 5.74) is 4.96. The number of nitriles is 1. The van der Waals surface area contributed by atoms with Crippen LogP contribution in [0, 0.1) is 11.3 Å². The maximum Gasteiger partial charge on any atom is 0.490 e. The molecule has 0 aliphatic carbocycles. The molecule has 0 atom stereocenters. The molecule has 5 rings (SSSR count). The molecule has 4 aromatic rings. The van der Waals surface area contributed by atoms with Crippen molar-refractivity contribution in [3.05, 3.63) is 59.8 Å². The predicted molar refractivity (Wildman–Crippen MR) is 142 cm³/mol. The van der Waals surface area contributed by atoms with Crippen LogP contribution in [0.3, 0.4) is 0 Å². The molecular formula is C25H13ClF9N7O6. The van der Waals surface area contributed by atoms with Gasteiger partial charge in [0.1, 0.15) is 23.4 Å². The van der Waals surface area contributed by atoms with E-state index in [1.807, 2.05) is 18.2 Å². The number of carboxylic acid groups (broad SMARTS) is 3. The van der Waals surface area contributed by atoms with Crippen molar-refractivity contribution in [2.24, 2.45) is 0 Å². The zero-order valence-electron chi connectivity index (χ0n) is 22.7. The number of carboxylic acids is 3. The quantitative estimate of drug-likeness (QED) is 0.125. The molecule has 13 nitrogen and oxygen atoms in total. The Balaban J connectivity index is 0.000000313. The third kappa shape index (κ3) is 10.0. The number of nitrogens with zero attached hydrogens (tertiary/aromatic N) is 5. The lowest BCUT2D eigenvalue weighted by molar-refractivity contribution is -0.193. The first-order valence-corrected chi connectivity index (χ1v) is 12.2. The molecule has 0 saturated heterocycles. The number of aliphatic carboxylic acids is 3. The number of aromatic nitrogens is 5. The Bertz CT molecular complexity index is 1740. The lowest BCUT2D eigenvalue weighted by Crippen LogP contribution is -2.21. The molecule has 5 N–H and O–H groups in total. The number of anilines is 2. The lowest BCUT2D eigenvalue weighted by Gasteiger charge is -2.08. The van der Waals surface area contributed by atoms with Gasteiger partial charge in [-0.15, -0.1) is 0 Å². The summed E-state index contributed by atoms with van der Waals surface area (Å²) < 4.78 is 95.2. The van der Waals surface area contributed by atoms with Crippen molar-refractivity contribution in [3.63, 3.8) is 0 Å². The van der Waals surface area contributed by atoms with E-state index in [9.17, 15) is 44.8 Å². The van der Waals surface area contributed by atoms with E-state index in [1.54, 1.807) is 18.6 Å². The van der Waals surface area contributed by atoms with Crippen molar-refractivity contribution in [1.82, 2.24) is 24.9 Å². The Kier molecular flexibility index (Phi) is 12.0. The van der Waals surface area contributed by atoms with Crippen LogP contribution in [0.1, 0.15) is 5.56 Å². The highest BCUT2D eigenvalue weighted by Gasteiger charge is 2.39. The number of pyridine rings is 3. The highest BCUT2D eigenvalue weighted by Crippen LogP contribution is 2.43. The maximum absolute atomic E-state index is 10.6. The van der Waals surface area contributed by atoms with Crippen molar-refractivity contribution in [2.75, 3.05) is 5.32 Å². The summed E-state index contributed by atoms with van der Waals surface area (Å²) in [7, 11) is 0. The molecule has 254 valence electrons. The third-order valence-corrected chi connectivity index (χ3v) is 5.38. The van der Waals surface area contributed by atoms with E-state index in [0.29, 0.717) is 27.8 Å². The topological polar surface area (TPSA) is 215 Å². The number of hydrogen-bond acceptors (Lipinski definition) is 9. The van der Waals surface area contributed by atoms with Crippen LogP contribution in [0.4, 0.5) is 51.0 Å². The molecule has 23 heteroatoms. The number of fused-ring (bicyclic) bond motifs is 5. The molecule has 0 aromatic carbocycles. The van der Waals surface area contributed by atoms with Gasteiger partial charge in [0.15, 0.2) is 0 Å². The van der Waals surface area contributed by atoms with Gasteiger partial charge in [0.25, 0.3) is 0 Å². The van der Waals surface area contributed by atoms with Gasteiger partial charge >= 0.3 is 36.4 Å². The SMILES string of the molecule is N#Cc1cncc(Cl)c1-c1nc2c([nH]1)-c1ccncc1Nc1ncccc1-2.O=C(O)C(F)(F)F.O=C(O)C(F)(F)F.O=C(O)C(F)(F)F. The molecule has 1 aliphatic rings. The fraction of sp³-hybridized carbons (Fsp3) is 0.120. The summed E-state index contributed by atoms with van der Waals surface area (Å²) in [6, 6.07) is 7.82. The molecule has 5 heterocycles. The number of nitrogens with one attached hydrogen (secondary N) is 2. The first kappa shape index (κ1) is 38.2. The summed E-state index contributed by atoms with van der Waals surface area (Å²) in [6.07, 6.45) is -7.10. The van der Waals surface area contributed by atoms with E-state index in [4.69, 9.17) is 46.3 Å². The van der Waals surface area contributed by atoms with E-state index in [0.717, 1.165) is 28.2 Å². The number of hydrogen-bond donors (Lipinski definition) is 5. The summed E-state index contributed by atoms with van der Waals surface area (Å²) in [5, 5.41) is 34.5. The largest absolute Gasteiger partial charge is 0.490 e. The second kappa shape index (κ2) is 15.1. The van der Waals surface area contributed by atoms with Crippen LogP contribution < -0.4 is 5.32 Å². The van der Waals surface area contributed by atoms with Gasteiger partial charge < -0.3 is 25.6 Å². The summed E-state index contributed by atoms with van der Waals surface area (Å²) in [5.74, 6) is -7.08. The molecular weight excluding hydrogens is 701 g/mol. The number of imidazole rings is 1. The number of alkyl halides is 9. The van der Waals surface area contributed by atoms with Crippen LogP contribution in [0.15, 0.2) is 49.2 Å².